The fourth-order valence-corrected chi connectivity index (χ4v) is 0.978. The lowest BCUT2D eigenvalue weighted by Gasteiger charge is -1.97. The van der Waals surface area contributed by atoms with E-state index in [1.165, 1.54) is 6.08 Å². The molecule has 0 aliphatic heterocycles. The molecule has 0 atom stereocenters. The van der Waals surface area contributed by atoms with E-state index in [1.54, 1.807) is 6.21 Å². The maximum Gasteiger partial charge on any atom is 0.253 e. The molecule has 0 aromatic carbocycles. The number of nitrogens with one attached hydrogen (secondary N) is 2. The molecule has 1 amide bonds. The van der Waals surface area contributed by atoms with Crippen LogP contribution in [0.3, 0.4) is 0 Å². The van der Waals surface area contributed by atoms with Crippen LogP contribution in [-0.2, 0) is 4.79 Å². The van der Waals surface area contributed by atoms with E-state index in [9.17, 15) is 4.79 Å². The predicted octanol–water partition coefficient (Wildman–Crippen LogP) is 0.999. The van der Waals surface area contributed by atoms with Crippen molar-refractivity contribution in [3.8, 4) is 0 Å². The number of nitrogens with two attached hydrogens (primary N) is 1. The smallest absolute Gasteiger partial charge is 0.253 e. The van der Waals surface area contributed by atoms with Gasteiger partial charge in [-0.2, -0.15) is 0 Å². The van der Waals surface area contributed by atoms with Crippen LogP contribution in [0, 0.1) is 11.3 Å². The molecule has 0 bridgehead atoms. The lowest BCUT2D eigenvalue weighted by Crippen LogP contribution is -2.34. The molecule has 0 heterocycles. The number of carbonyl (C=O) groups is 1. The molecule has 0 fully saturated rings. The van der Waals surface area contributed by atoms with Crippen molar-refractivity contribution in [2.24, 2.45) is 16.6 Å². The Morgan fingerprint density at radius 3 is 2.64 bits per heavy atom. The van der Waals surface area contributed by atoms with Crippen molar-refractivity contribution in [2.75, 3.05) is 0 Å². The molecule has 0 aromatic rings. The molecule has 0 aliphatic carbocycles. The van der Waals surface area contributed by atoms with E-state index in [4.69, 9.17) is 11.1 Å². The van der Waals surface area contributed by atoms with E-state index in [1.807, 2.05) is 36.4 Å². The van der Waals surface area contributed by atoms with Crippen LogP contribution in [0.5, 0.6) is 0 Å². The third-order valence-electron chi connectivity index (χ3n) is 1.00. The number of halogens is 1. The minimum atomic E-state index is -0.442. The SMILES string of the molecule is CC(C)/C=N/C(I)=C/C(=O)NC(=N)N. The zero-order valence-corrected chi connectivity index (χ0v) is 10.2. The van der Waals surface area contributed by atoms with Gasteiger partial charge < -0.3 is 5.73 Å². The molecule has 6 heteroatoms. The summed E-state index contributed by atoms with van der Waals surface area (Å²) < 4.78 is 0.551. The molecule has 0 radical (unpaired) electrons. The summed E-state index contributed by atoms with van der Waals surface area (Å²) in [4.78, 5) is 15.0. The first-order chi connectivity index (χ1) is 6.41. The first-order valence-electron chi connectivity index (χ1n) is 3.98. The quantitative estimate of drug-likeness (QED) is 0.239. The van der Waals surface area contributed by atoms with Gasteiger partial charge in [-0.3, -0.25) is 20.5 Å². The Kier molecular flexibility index (Phi) is 6.09. The van der Waals surface area contributed by atoms with Crippen molar-refractivity contribution in [3.05, 3.63) is 9.78 Å². The minimum absolute atomic E-state index is 0.337. The fraction of sp³-hybridized carbons (Fsp3) is 0.375. The van der Waals surface area contributed by atoms with Gasteiger partial charge in [-0.25, -0.2) is 0 Å². The van der Waals surface area contributed by atoms with Crippen molar-refractivity contribution in [1.82, 2.24) is 5.32 Å². The van der Waals surface area contributed by atoms with Crippen molar-refractivity contribution >= 4 is 40.7 Å². The second-order valence-electron chi connectivity index (χ2n) is 2.89. The zero-order valence-electron chi connectivity index (χ0n) is 8.04. The van der Waals surface area contributed by atoms with E-state index in [2.05, 4.69) is 10.3 Å². The summed E-state index contributed by atoms with van der Waals surface area (Å²) in [6.45, 7) is 3.98. The van der Waals surface area contributed by atoms with Crippen LogP contribution in [0.2, 0.25) is 0 Å². The summed E-state index contributed by atoms with van der Waals surface area (Å²) >= 11 is 1.93. The van der Waals surface area contributed by atoms with Crippen molar-refractivity contribution < 1.29 is 4.79 Å². The number of hydrogen-bond acceptors (Lipinski definition) is 3. The molecule has 0 unspecified atom stereocenters. The van der Waals surface area contributed by atoms with E-state index in [0.717, 1.165) is 0 Å². The van der Waals surface area contributed by atoms with E-state index < -0.39 is 5.91 Å². The number of nitrogens with zero attached hydrogens (tertiary/aromatic N) is 1. The van der Waals surface area contributed by atoms with Gasteiger partial charge in [-0.1, -0.05) is 13.8 Å². The number of rotatable bonds is 3. The molecular weight excluding hydrogens is 295 g/mol. The summed E-state index contributed by atoms with van der Waals surface area (Å²) in [5.74, 6) is -0.477. The summed E-state index contributed by atoms with van der Waals surface area (Å²) in [7, 11) is 0. The highest BCUT2D eigenvalue weighted by Crippen LogP contribution is 2.06. The highest BCUT2D eigenvalue weighted by atomic mass is 127. The first-order valence-corrected chi connectivity index (χ1v) is 5.06. The van der Waals surface area contributed by atoms with Crippen LogP contribution >= 0.6 is 22.6 Å². The number of carbonyl (C=O) groups excluding carboxylic acids is 1. The molecule has 14 heavy (non-hydrogen) atoms. The van der Waals surface area contributed by atoms with Crippen molar-refractivity contribution in [1.29, 1.82) is 5.41 Å². The molecule has 0 spiro atoms. The predicted molar refractivity (Wildman–Crippen MR) is 65.5 cm³/mol. The topological polar surface area (TPSA) is 91.3 Å². The zero-order chi connectivity index (χ0) is 11.1. The summed E-state index contributed by atoms with van der Waals surface area (Å²) in [6.07, 6.45) is 3.01. The van der Waals surface area contributed by atoms with Gasteiger partial charge in [0.05, 0.1) is 0 Å². The lowest BCUT2D eigenvalue weighted by molar-refractivity contribution is -0.115. The molecular formula is C8H13IN4O. The van der Waals surface area contributed by atoms with Gasteiger partial charge in [0, 0.05) is 12.3 Å². The maximum atomic E-state index is 11.0. The largest absolute Gasteiger partial charge is 0.370 e. The van der Waals surface area contributed by atoms with Gasteiger partial charge in [0.2, 0.25) is 0 Å². The molecule has 0 saturated heterocycles. The Hall–Kier alpha value is -0.920. The lowest BCUT2D eigenvalue weighted by atomic mass is 10.2. The van der Waals surface area contributed by atoms with Crippen LogP contribution in [0.15, 0.2) is 14.8 Å². The number of guanidine groups is 1. The van der Waals surface area contributed by atoms with E-state index in [-0.39, 0.29) is 5.96 Å². The standard InChI is InChI=1S/C8H13IN4O/c1-5(2)4-12-6(9)3-7(14)13-8(10)11/h3-5H,1-2H3,(H4,10,11,13,14)/b6-3+,12-4+. The highest BCUT2D eigenvalue weighted by molar-refractivity contribution is 14.1. The van der Waals surface area contributed by atoms with Gasteiger partial charge in [0.15, 0.2) is 5.96 Å². The highest BCUT2D eigenvalue weighted by Gasteiger charge is 1.98. The monoisotopic (exact) mass is 308 g/mol. The molecule has 0 rings (SSSR count). The Balaban J connectivity index is 4.23. The van der Waals surface area contributed by atoms with Gasteiger partial charge in [0.25, 0.3) is 5.91 Å². The van der Waals surface area contributed by atoms with Crippen LogP contribution < -0.4 is 11.1 Å². The number of aliphatic imine (C=N–C) groups is 1. The summed E-state index contributed by atoms with van der Waals surface area (Å²) in [6, 6.07) is 0. The maximum absolute atomic E-state index is 11.0. The molecule has 0 aliphatic rings. The first kappa shape index (κ1) is 13.1. The average molecular weight is 308 g/mol. The van der Waals surface area contributed by atoms with E-state index >= 15 is 0 Å². The Bertz CT molecular complexity index is 283. The van der Waals surface area contributed by atoms with Gasteiger partial charge in [0.1, 0.15) is 3.70 Å². The van der Waals surface area contributed by atoms with E-state index in [0.29, 0.717) is 9.62 Å². The normalized spacial score (nSPS) is 12.1. The van der Waals surface area contributed by atoms with Crippen molar-refractivity contribution in [2.45, 2.75) is 13.8 Å². The second kappa shape index (κ2) is 6.52. The number of hydrogen-bond donors (Lipinski definition) is 3. The second-order valence-corrected chi connectivity index (χ2v) is 4.00. The van der Waals surface area contributed by atoms with Crippen LogP contribution in [0.25, 0.3) is 0 Å². The third kappa shape index (κ3) is 7.71. The minimum Gasteiger partial charge on any atom is -0.370 e. The van der Waals surface area contributed by atoms with Gasteiger partial charge in [-0.05, 0) is 28.5 Å². The molecule has 4 N–H and O–H groups in total. The van der Waals surface area contributed by atoms with Crippen LogP contribution in [-0.4, -0.2) is 18.1 Å². The molecule has 0 aromatic heterocycles. The summed E-state index contributed by atoms with van der Waals surface area (Å²) in [5, 5.41) is 8.94. The Morgan fingerprint density at radius 2 is 2.21 bits per heavy atom. The van der Waals surface area contributed by atoms with Gasteiger partial charge >= 0.3 is 0 Å². The Morgan fingerprint density at radius 1 is 1.64 bits per heavy atom. The molecule has 5 nitrogen and oxygen atoms in total. The van der Waals surface area contributed by atoms with Crippen LogP contribution in [0.4, 0.5) is 0 Å². The molecule has 0 saturated carbocycles. The average Bonchev–Trinajstić information content (AvgIpc) is 1.98. The van der Waals surface area contributed by atoms with Crippen molar-refractivity contribution in [3.63, 3.8) is 0 Å². The Labute approximate surface area is 96.5 Å². The van der Waals surface area contributed by atoms with Gasteiger partial charge in [-0.15, -0.1) is 0 Å². The third-order valence-corrected chi connectivity index (χ3v) is 1.59. The summed E-state index contributed by atoms with van der Waals surface area (Å²) in [5.41, 5.74) is 4.97. The fourth-order valence-electron chi connectivity index (χ4n) is 0.535. The van der Waals surface area contributed by atoms with Crippen LogP contribution in [0.1, 0.15) is 13.8 Å². The number of amides is 1. The molecule has 78 valence electrons.